The fourth-order valence-corrected chi connectivity index (χ4v) is 4.15. The van der Waals surface area contributed by atoms with Gasteiger partial charge in [-0.15, -0.1) is 0 Å². The van der Waals surface area contributed by atoms with Crippen molar-refractivity contribution in [3.63, 3.8) is 0 Å². The van der Waals surface area contributed by atoms with Crippen molar-refractivity contribution in [1.82, 2.24) is 10.6 Å². The quantitative estimate of drug-likeness (QED) is 0.452. The number of nitrogens with zero attached hydrogens (tertiary/aromatic N) is 1. The molecule has 0 aliphatic carbocycles. The Balaban J connectivity index is 1.65. The lowest BCUT2D eigenvalue weighted by atomic mass is 10.0. The van der Waals surface area contributed by atoms with Gasteiger partial charge in [-0.3, -0.25) is 19.3 Å². The van der Waals surface area contributed by atoms with E-state index in [1.165, 1.54) is 29.4 Å². The van der Waals surface area contributed by atoms with Gasteiger partial charge in [0, 0.05) is 18.8 Å². The fourth-order valence-electron chi connectivity index (χ4n) is 3.98. The molecule has 4 rings (SSSR count). The highest BCUT2D eigenvalue weighted by Crippen LogP contribution is 2.31. The molecule has 1 aromatic heterocycles. The minimum absolute atomic E-state index is 0.0353. The van der Waals surface area contributed by atoms with Crippen molar-refractivity contribution in [2.45, 2.75) is 25.0 Å². The summed E-state index contributed by atoms with van der Waals surface area (Å²) in [6.45, 7) is 0.469. The maximum atomic E-state index is 14.0. The number of carbonyl (C=O) groups excluding carboxylic acids is 3. The summed E-state index contributed by atoms with van der Waals surface area (Å²) in [6, 6.07) is 14.3. The highest BCUT2D eigenvalue weighted by atomic mass is 35.5. The molecule has 1 aliphatic rings. The van der Waals surface area contributed by atoms with Gasteiger partial charge in [-0.2, -0.15) is 0 Å². The van der Waals surface area contributed by atoms with Crippen molar-refractivity contribution >= 4 is 35.0 Å². The van der Waals surface area contributed by atoms with E-state index in [0.717, 1.165) is 18.9 Å². The molecule has 36 heavy (non-hydrogen) atoms. The van der Waals surface area contributed by atoms with Crippen LogP contribution in [0.3, 0.4) is 0 Å². The second-order valence-electron chi connectivity index (χ2n) is 8.22. The number of amides is 3. The Hall–Kier alpha value is -3.69. The number of hydrogen-bond donors (Lipinski definition) is 2. The van der Waals surface area contributed by atoms with Gasteiger partial charge < -0.3 is 19.8 Å². The number of benzene rings is 2. The van der Waals surface area contributed by atoms with Crippen LogP contribution in [0.5, 0.6) is 0 Å². The number of carbonyl (C=O) groups is 3. The van der Waals surface area contributed by atoms with Gasteiger partial charge in [0.1, 0.15) is 11.9 Å². The second kappa shape index (κ2) is 11.8. The Kier molecular flexibility index (Phi) is 8.35. The maximum absolute atomic E-state index is 14.0. The maximum Gasteiger partial charge on any atom is 0.287 e. The number of furan rings is 1. The predicted molar refractivity (Wildman–Crippen MR) is 131 cm³/mol. The average molecular weight is 514 g/mol. The van der Waals surface area contributed by atoms with E-state index in [-0.39, 0.29) is 29.1 Å². The largest absolute Gasteiger partial charge is 0.459 e. The Morgan fingerprint density at radius 3 is 2.56 bits per heavy atom. The molecule has 1 aliphatic heterocycles. The molecule has 1 fully saturated rings. The van der Waals surface area contributed by atoms with Crippen LogP contribution in [-0.4, -0.2) is 43.5 Å². The second-order valence-corrected chi connectivity index (χ2v) is 8.62. The van der Waals surface area contributed by atoms with E-state index in [4.69, 9.17) is 20.8 Å². The fraction of sp³-hybridized carbons (Fsp3) is 0.269. The number of nitrogens with one attached hydrogen (secondary N) is 2. The number of rotatable bonds is 9. The van der Waals surface area contributed by atoms with Gasteiger partial charge in [0.05, 0.1) is 23.9 Å². The highest BCUT2D eigenvalue weighted by molar-refractivity contribution is 6.31. The van der Waals surface area contributed by atoms with E-state index in [2.05, 4.69) is 10.6 Å². The molecular formula is C26H25ClFN3O5. The predicted octanol–water partition coefficient (Wildman–Crippen LogP) is 3.87. The molecule has 3 aromatic rings. The number of hydrogen-bond acceptors (Lipinski definition) is 5. The Bertz CT molecular complexity index is 1200. The molecule has 0 bridgehead atoms. The Morgan fingerprint density at radius 2 is 1.89 bits per heavy atom. The van der Waals surface area contributed by atoms with Crippen LogP contribution in [0.2, 0.25) is 5.02 Å². The summed E-state index contributed by atoms with van der Waals surface area (Å²) in [6.07, 6.45) is 2.97. The molecule has 0 spiro atoms. The van der Waals surface area contributed by atoms with Crippen LogP contribution in [0.1, 0.15) is 35.0 Å². The molecule has 8 nitrogen and oxygen atoms in total. The van der Waals surface area contributed by atoms with Crippen LogP contribution in [-0.2, 0) is 14.3 Å². The molecular weight excluding hydrogens is 489 g/mol. The molecule has 3 amide bonds. The van der Waals surface area contributed by atoms with Crippen LogP contribution in [0, 0.1) is 5.82 Å². The normalized spacial score (nSPS) is 15.8. The third-order valence-electron chi connectivity index (χ3n) is 5.74. The van der Waals surface area contributed by atoms with E-state index in [1.807, 2.05) is 0 Å². The molecule has 0 radical (unpaired) electrons. The number of anilines is 1. The molecule has 0 saturated carbocycles. The van der Waals surface area contributed by atoms with Crippen LogP contribution >= 0.6 is 11.6 Å². The summed E-state index contributed by atoms with van der Waals surface area (Å²) in [4.78, 5) is 40.6. The summed E-state index contributed by atoms with van der Waals surface area (Å²) in [5.41, 5.74) is 0.716. The third kappa shape index (κ3) is 6.10. The average Bonchev–Trinajstić information content (AvgIpc) is 3.61. The summed E-state index contributed by atoms with van der Waals surface area (Å²) in [5, 5.41) is 5.16. The topological polar surface area (TPSA) is 101 Å². The minimum atomic E-state index is -1.12. The first-order valence-electron chi connectivity index (χ1n) is 11.5. The first-order valence-corrected chi connectivity index (χ1v) is 11.8. The molecule has 2 N–H and O–H groups in total. The summed E-state index contributed by atoms with van der Waals surface area (Å²) in [7, 11) is 0. The highest BCUT2D eigenvalue weighted by Gasteiger charge is 2.34. The molecule has 2 aromatic carbocycles. The van der Waals surface area contributed by atoms with Crippen molar-refractivity contribution < 1.29 is 27.9 Å². The van der Waals surface area contributed by atoms with Gasteiger partial charge >= 0.3 is 0 Å². The summed E-state index contributed by atoms with van der Waals surface area (Å²) >= 11 is 6.02. The monoisotopic (exact) mass is 513 g/mol. The smallest absolute Gasteiger partial charge is 0.287 e. The lowest BCUT2D eigenvalue weighted by Gasteiger charge is -2.32. The zero-order chi connectivity index (χ0) is 25.5. The number of ether oxygens (including phenoxy) is 1. The van der Waals surface area contributed by atoms with E-state index in [0.29, 0.717) is 12.2 Å². The van der Waals surface area contributed by atoms with E-state index in [9.17, 15) is 18.8 Å². The van der Waals surface area contributed by atoms with Crippen molar-refractivity contribution in [2.75, 3.05) is 24.6 Å². The lowest BCUT2D eigenvalue weighted by Crippen LogP contribution is -2.48. The molecule has 2 atom stereocenters. The van der Waals surface area contributed by atoms with Crippen LogP contribution in [0.15, 0.2) is 71.3 Å². The molecule has 1 saturated heterocycles. The Labute approximate surface area is 212 Å². The van der Waals surface area contributed by atoms with Crippen molar-refractivity contribution in [2.24, 2.45) is 0 Å². The van der Waals surface area contributed by atoms with Gasteiger partial charge in [0.25, 0.3) is 5.91 Å². The zero-order valence-corrected chi connectivity index (χ0v) is 20.0. The zero-order valence-electron chi connectivity index (χ0n) is 19.3. The summed E-state index contributed by atoms with van der Waals surface area (Å²) in [5.74, 6) is -2.29. The molecule has 2 heterocycles. The summed E-state index contributed by atoms with van der Waals surface area (Å²) < 4.78 is 24.6. The SMILES string of the molecule is O=C(NCC(=O)N(c1ccc(F)c(Cl)c1)[C@@H](C(=O)NC[C@@H]1CCCO1)c1ccccc1)c1ccco1. The molecule has 10 heteroatoms. The molecule has 188 valence electrons. The van der Waals surface area contributed by atoms with Crippen LogP contribution in [0.4, 0.5) is 10.1 Å². The van der Waals surface area contributed by atoms with E-state index < -0.39 is 36.1 Å². The lowest BCUT2D eigenvalue weighted by molar-refractivity contribution is -0.126. The van der Waals surface area contributed by atoms with Crippen molar-refractivity contribution in [3.05, 3.63) is 89.1 Å². The van der Waals surface area contributed by atoms with Crippen molar-refractivity contribution in [1.29, 1.82) is 0 Å². The van der Waals surface area contributed by atoms with E-state index in [1.54, 1.807) is 36.4 Å². The Morgan fingerprint density at radius 1 is 1.08 bits per heavy atom. The molecule has 0 unspecified atom stereocenters. The van der Waals surface area contributed by atoms with Crippen LogP contribution < -0.4 is 15.5 Å². The van der Waals surface area contributed by atoms with Gasteiger partial charge in [-0.25, -0.2) is 4.39 Å². The van der Waals surface area contributed by atoms with Crippen LogP contribution in [0.25, 0.3) is 0 Å². The first kappa shape index (κ1) is 25.4. The van der Waals surface area contributed by atoms with Gasteiger partial charge in [-0.05, 0) is 48.7 Å². The minimum Gasteiger partial charge on any atom is -0.459 e. The van der Waals surface area contributed by atoms with Gasteiger partial charge in [0.2, 0.25) is 11.8 Å². The van der Waals surface area contributed by atoms with Gasteiger partial charge in [0.15, 0.2) is 5.76 Å². The third-order valence-corrected chi connectivity index (χ3v) is 6.03. The van der Waals surface area contributed by atoms with Crippen molar-refractivity contribution in [3.8, 4) is 0 Å². The standard InChI is InChI=1S/C26H25ClFN3O5/c27-20-14-18(10-11-21(20)28)31(23(32)16-30-25(33)22-9-5-13-36-22)24(17-6-2-1-3-7-17)26(34)29-15-19-8-4-12-35-19/h1-3,5-7,9-11,13-14,19,24H,4,8,12,15-16H2,(H,29,34)(H,30,33)/t19-,24+/m0/s1. The number of halogens is 2. The first-order chi connectivity index (χ1) is 17.4. The van der Waals surface area contributed by atoms with Gasteiger partial charge in [-0.1, -0.05) is 41.9 Å². The van der Waals surface area contributed by atoms with E-state index >= 15 is 0 Å².